The van der Waals surface area contributed by atoms with Crippen LogP contribution < -0.4 is 4.90 Å². The summed E-state index contributed by atoms with van der Waals surface area (Å²) in [4.78, 5) is 4.93. The van der Waals surface area contributed by atoms with E-state index < -0.39 is 0 Å². The molecule has 2 fully saturated rings. The zero-order chi connectivity index (χ0) is 13.9. The molecule has 0 spiro atoms. The zero-order valence-corrected chi connectivity index (χ0v) is 13.0. The monoisotopic (exact) mass is 272 g/mol. The van der Waals surface area contributed by atoms with Crippen LogP contribution in [0.1, 0.15) is 44.1 Å². The van der Waals surface area contributed by atoms with Crippen molar-refractivity contribution in [3.63, 3.8) is 0 Å². The first kappa shape index (κ1) is 13.9. The van der Waals surface area contributed by atoms with Crippen molar-refractivity contribution in [2.75, 3.05) is 25.5 Å². The summed E-state index contributed by atoms with van der Waals surface area (Å²) in [5, 5.41) is 0. The summed E-state index contributed by atoms with van der Waals surface area (Å²) in [6.07, 6.45) is 8.68. The molecule has 0 amide bonds. The molecule has 1 aliphatic heterocycles. The fourth-order valence-electron chi connectivity index (χ4n) is 4.06. The Balaban J connectivity index is 1.66. The maximum absolute atomic E-state index is 2.76. The lowest BCUT2D eigenvalue weighted by atomic mass is 9.78. The lowest BCUT2D eigenvalue weighted by molar-refractivity contribution is 0.0547. The summed E-state index contributed by atoms with van der Waals surface area (Å²) in [7, 11) is 4.21. The van der Waals surface area contributed by atoms with Gasteiger partial charge in [0.05, 0.1) is 0 Å². The van der Waals surface area contributed by atoms with Crippen LogP contribution in [-0.2, 0) is 6.54 Å². The fourth-order valence-corrected chi connectivity index (χ4v) is 4.06. The average molecular weight is 272 g/mol. The molecule has 2 nitrogen and oxygen atoms in total. The van der Waals surface area contributed by atoms with Crippen LogP contribution in [0, 0.1) is 5.92 Å². The third-order valence-electron chi connectivity index (χ3n) is 5.20. The van der Waals surface area contributed by atoms with Gasteiger partial charge in [-0.15, -0.1) is 0 Å². The summed E-state index contributed by atoms with van der Waals surface area (Å²) in [5.41, 5.74) is 2.77. The zero-order valence-electron chi connectivity index (χ0n) is 13.0. The van der Waals surface area contributed by atoms with E-state index in [1.165, 1.54) is 56.3 Å². The van der Waals surface area contributed by atoms with Crippen LogP contribution in [0.3, 0.4) is 0 Å². The normalized spacial score (nSPS) is 27.1. The molecule has 2 aliphatic rings. The van der Waals surface area contributed by atoms with Gasteiger partial charge in [0, 0.05) is 32.4 Å². The van der Waals surface area contributed by atoms with Gasteiger partial charge in [-0.25, -0.2) is 0 Å². The third kappa shape index (κ3) is 3.01. The SMILES string of the molecule is CN(C)c1ccc(CN2CCC[C@@H]3CCCC[C@@H]32)cc1. The molecule has 1 aromatic rings. The largest absolute Gasteiger partial charge is 0.378 e. The lowest BCUT2D eigenvalue weighted by Crippen LogP contribution is -2.46. The third-order valence-corrected chi connectivity index (χ3v) is 5.20. The van der Waals surface area contributed by atoms with Crippen molar-refractivity contribution in [1.82, 2.24) is 4.90 Å². The molecule has 1 aliphatic carbocycles. The van der Waals surface area contributed by atoms with Crippen LogP contribution in [0.25, 0.3) is 0 Å². The lowest BCUT2D eigenvalue weighted by Gasteiger charge is -2.44. The Kier molecular flexibility index (Phi) is 4.30. The fraction of sp³-hybridized carbons (Fsp3) is 0.667. The van der Waals surface area contributed by atoms with Crippen LogP contribution in [0.15, 0.2) is 24.3 Å². The maximum Gasteiger partial charge on any atom is 0.0361 e. The predicted octanol–water partition coefficient (Wildman–Crippen LogP) is 3.91. The van der Waals surface area contributed by atoms with Crippen molar-refractivity contribution >= 4 is 5.69 Å². The number of anilines is 1. The van der Waals surface area contributed by atoms with Crippen molar-refractivity contribution in [2.24, 2.45) is 5.92 Å². The van der Waals surface area contributed by atoms with Crippen LogP contribution in [0.4, 0.5) is 5.69 Å². The van der Waals surface area contributed by atoms with E-state index in [1.807, 2.05) is 0 Å². The molecule has 1 saturated carbocycles. The standard InChI is InChI=1S/C18H28N2/c1-19(2)17-11-9-15(10-12-17)14-20-13-5-7-16-6-3-4-8-18(16)20/h9-12,16,18H,3-8,13-14H2,1-2H3/t16-,18-/m0/s1. The van der Waals surface area contributed by atoms with Crippen molar-refractivity contribution in [3.05, 3.63) is 29.8 Å². The molecule has 2 heteroatoms. The average Bonchev–Trinajstić information content (AvgIpc) is 2.48. The summed E-state index contributed by atoms with van der Waals surface area (Å²) < 4.78 is 0. The Labute approximate surface area is 123 Å². The van der Waals surface area contributed by atoms with Crippen LogP contribution >= 0.6 is 0 Å². The molecule has 2 atom stereocenters. The van der Waals surface area contributed by atoms with Crippen molar-refractivity contribution in [3.8, 4) is 0 Å². The van der Waals surface area contributed by atoms with Gasteiger partial charge < -0.3 is 4.90 Å². The van der Waals surface area contributed by atoms with E-state index in [4.69, 9.17) is 0 Å². The van der Waals surface area contributed by atoms with Gasteiger partial charge in [-0.05, 0) is 55.8 Å². The highest BCUT2D eigenvalue weighted by Gasteiger charge is 2.32. The second kappa shape index (κ2) is 6.17. The molecule has 0 aromatic heterocycles. The Morgan fingerprint density at radius 1 is 1.00 bits per heavy atom. The highest BCUT2D eigenvalue weighted by molar-refractivity contribution is 5.45. The van der Waals surface area contributed by atoms with Gasteiger partial charge in [0.2, 0.25) is 0 Å². The molecule has 1 heterocycles. The Morgan fingerprint density at radius 2 is 1.70 bits per heavy atom. The molecule has 0 radical (unpaired) electrons. The molecular formula is C18H28N2. The molecule has 3 rings (SSSR count). The summed E-state index contributed by atoms with van der Waals surface area (Å²) in [6, 6.07) is 9.98. The Bertz CT molecular complexity index is 422. The van der Waals surface area contributed by atoms with Crippen molar-refractivity contribution in [1.29, 1.82) is 0 Å². The number of hydrogen-bond donors (Lipinski definition) is 0. The number of likely N-dealkylation sites (tertiary alicyclic amines) is 1. The van der Waals surface area contributed by atoms with E-state index in [2.05, 4.69) is 48.2 Å². The topological polar surface area (TPSA) is 6.48 Å². The first-order valence-electron chi connectivity index (χ1n) is 8.24. The molecule has 1 saturated heterocycles. The molecule has 0 unspecified atom stereocenters. The second-order valence-electron chi connectivity index (χ2n) is 6.79. The summed E-state index contributed by atoms with van der Waals surface area (Å²) in [5.74, 6) is 0.985. The van der Waals surface area contributed by atoms with Gasteiger partial charge in [-0.3, -0.25) is 4.90 Å². The molecule has 0 N–H and O–H groups in total. The van der Waals surface area contributed by atoms with Crippen LogP contribution in [-0.4, -0.2) is 31.6 Å². The van der Waals surface area contributed by atoms with E-state index in [9.17, 15) is 0 Å². The number of hydrogen-bond acceptors (Lipinski definition) is 2. The van der Waals surface area contributed by atoms with E-state index in [1.54, 1.807) is 0 Å². The van der Waals surface area contributed by atoms with E-state index in [-0.39, 0.29) is 0 Å². The van der Waals surface area contributed by atoms with E-state index in [0.717, 1.165) is 18.5 Å². The van der Waals surface area contributed by atoms with E-state index >= 15 is 0 Å². The number of nitrogens with zero attached hydrogens (tertiary/aromatic N) is 2. The van der Waals surface area contributed by atoms with E-state index in [0.29, 0.717) is 0 Å². The number of rotatable bonds is 3. The second-order valence-corrected chi connectivity index (χ2v) is 6.79. The molecule has 110 valence electrons. The van der Waals surface area contributed by atoms with Gasteiger partial charge in [-0.2, -0.15) is 0 Å². The minimum atomic E-state index is 0.867. The first-order chi connectivity index (χ1) is 9.74. The predicted molar refractivity (Wildman–Crippen MR) is 86.2 cm³/mol. The number of fused-ring (bicyclic) bond motifs is 1. The summed E-state index contributed by atoms with van der Waals surface area (Å²) in [6.45, 7) is 2.45. The minimum Gasteiger partial charge on any atom is -0.378 e. The number of piperidine rings is 1. The van der Waals surface area contributed by atoms with Gasteiger partial charge in [-0.1, -0.05) is 25.0 Å². The van der Waals surface area contributed by atoms with Crippen molar-refractivity contribution < 1.29 is 0 Å². The Morgan fingerprint density at radius 3 is 2.45 bits per heavy atom. The first-order valence-corrected chi connectivity index (χ1v) is 8.24. The number of benzene rings is 1. The molecule has 1 aromatic carbocycles. The van der Waals surface area contributed by atoms with Gasteiger partial charge >= 0.3 is 0 Å². The smallest absolute Gasteiger partial charge is 0.0361 e. The van der Waals surface area contributed by atoms with Gasteiger partial charge in [0.1, 0.15) is 0 Å². The molecular weight excluding hydrogens is 244 g/mol. The molecule has 0 bridgehead atoms. The highest BCUT2D eigenvalue weighted by atomic mass is 15.2. The van der Waals surface area contributed by atoms with Gasteiger partial charge in [0.15, 0.2) is 0 Å². The van der Waals surface area contributed by atoms with Crippen LogP contribution in [0.2, 0.25) is 0 Å². The van der Waals surface area contributed by atoms with Crippen LogP contribution in [0.5, 0.6) is 0 Å². The Hall–Kier alpha value is -1.02. The highest BCUT2D eigenvalue weighted by Crippen LogP contribution is 2.35. The summed E-state index contributed by atoms with van der Waals surface area (Å²) >= 11 is 0. The van der Waals surface area contributed by atoms with Crippen molar-refractivity contribution in [2.45, 2.75) is 51.1 Å². The molecule has 20 heavy (non-hydrogen) atoms. The van der Waals surface area contributed by atoms with Gasteiger partial charge in [0.25, 0.3) is 0 Å². The minimum absolute atomic E-state index is 0.867. The maximum atomic E-state index is 2.76. The quantitative estimate of drug-likeness (QED) is 0.823.